The largest absolute Gasteiger partial charge is 0.261 e. The Hall–Kier alpha value is -1.59. The van der Waals surface area contributed by atoms with Crippen LogP contribution in [0.25, 0.3) is 10.6 Å². The van der Waals surface area contributed by atoms with E-state index in [0.29, 0.717) is 0 Å². The first-order chi connectivity index (χ1) is 11.2. The van der Waals surface area contributed by atoms with Crippen LogP contribution in [-0.4, -0.2) is 15.2 Å². The normalized spacial score (nSPS) is 16.1. The molecular weight excluding hydrogens is 370 g/mol. The molecule has 0 unspecified atom stereocenters. The van der Waals surface area contributed by atoms with E-state index in [9.17, 15) is 0 Å². The summed E-state index contributed by atoms with van der Waals surface area (Å²) in [5.41, 5.74) is 3.46. The van der Waals surface area contributed by atoms with Crippen LogP contribution in [-0.2, 0) is 5.41 Å². The van der Waals surface area contributed by atoms with Crippen LogP contribution in [0.5, 0.6) is 0 Å². The molecule has 1 fully saturated rings. The maximum absolute atomic E-state index is 4.54. The average Bonchev–Trinajstić information content (AvgIpc) is 2.99. The molecule has 0 N–H and O–H groups in total. The molecule has 2 heterocycles. The fourth-order valence-electron chi connectivity index (χ4n) is 3.05. The van der Waals surface area contributed by atoms with Gasteiger partial charge >= 0.3 is 0 Å². The molecule has 0 radical (unpaired) electrons. The van der Waals surface area contributed by atoms with Crippen LogP contribution in [0.15, 0.2) is 47.1 Å². The highest BCUT2D eigenvalue weighted by Gasteiger charge is 2.43. The molecule has 4 rings (SSSR count). The Morgan fingerprint density at radius 2 is 1.83 bits per heavy atom. The molecule has 0 bridgehead atoms. The Balaban J connectivity index is 1.72. The van der Waals surface area contributed by atoms with Gasteiger partial charge in [-0.05, 0) is 49.6 Å². The summed E-state index contributed by atoms with van der Waals surface area (Å²) >= 11 is 5.22. The molecule has 23 heavy (non-hydrogen) atoms. The Morgan fingerprint density at radius 3 is 2.43 bits per heavy atom. The van der Waals surface area contributed by atoms with E-state index in [0.717, 1.165) is 38.6 Å². The van der Waals surface area contributed by atoms with Crippen LogP contribution in [0.4, 0.5) is 0 Å². The van der Waals surface area contributed by atoms with Gasteiger partial charge in [0.05, 0.1) is 0 Å². The lowest BCUT2D eigenvalue weighted by Gasteiger charge is -2.40. The SMILES string of the molecule is Cc1ccc(-c2nnc(C3(c4ccc(Br)cc4)CCC3)s2)cn1. The molecule has 1 aromatic carbocycles. The summed E-state index contributed by atoms with van der Waals surface area (Å²) in [5.74, 6) is 0. The minimum Gasteiger partial charge on any atom is -0.261 e. The number of benzene rings is 1. The Bertz CT molecular complexity index is 820. The quantitative estimate of drug-likeness (QED) is 0.626. The lowest BCUT2D eigenvalue weighted by atomic mass is 9.65. The molecular formula is C18H16BrN3S. The minimum absolute atomic E-state index is 0.0503. The molecule has 1 aliphatic rings. The van der Waals surface area contributed by atoms with E-state index >= 15 is 0 Å². The first-order valence-electron chi connectivity index (χ1n) is 7.70. The van der Waals surface area contributed by atoms with Crippen molar-refractivity contribution in [2.24, 2.45) is 0 Å². The maximum Gasteiger partial charge on any atom is 0.149 e. The van der Waals surface area contributed by atoms with Crippen molar-refractivity contribution in [1.82, 2.24) is 15.2 Å². The van der Waals surface area contributed by atoms with Gasteiger partial charge in [-0.25, -0.2) is 0 Å². The van der Waals surface area contributed by atoms with Crippen molar-refractivity contribution < 1.29 is 0 Å². The van der Waals surface area contributed by atoms with Gasteiger partial charge in [0.2, 0.25) is 0 Å². The molecule has 3 nitrogen and oxygen atoms in total. The van der Waals surface area contributed by atoms with E-state index < -0.39 is 0 Å². The highest BCUT2D eigenvalue weighted by Crippen LogP contribution is 2.50. The van der Waals surface area contributed by atoms with Crippen molar-refractivity contribution in [3.05, 3.63) is 63.3 Å². The molecule has 116 valence electrons. The van der Waals surface area contributed by atoms with Crippen molar-refractivity contribution >= 4 is 27.3 Å². The molecule has 0 aliphatic heterocycles. The molecule has 0 atom stereocenters. The van der Waals surface area contributed by atoms with E-state index in [1.54, 1.807) is 11.3 Å². The molecule has 1 saturated carbocycles. The number of rotatable bonds is 3. The fourth-order valence-corrected chi connectivity index (χ4v) is 4.42. The standard InChI is InChI=1S/C18H16BrN3S/c1-12-3-4-13(11-20-12)16-21-22-17(23-16)18(9-2-10-18)14-5-7-15(19)8-6-14/h3-8,11H,2,9-10H2,1H3. The summed E-state index contributed by atoms with van der Waals surface area (Å²) in [7, 11) is 0. The Kier molecular flexibility index (Phi) is 3.77. The molecule has 5 heteroatoms. The van der Waals surface area contributed by atoms with Crippen molar-refractivity contribution in [2.45, 2.75) is 31.6 Å². The summed E-state index contributed by atoms with van der Waals surface area (Å²) in [5, 5.41) is 11.0. The number of pyridine rings is 1. The van der Waals surface area contributed by atoms with E-state index in [2.05, 4.69) is 61.4 Å². The summed E-state index contributed by atoms with van der Waals surface area (Å²) in [6.07, 6.45) is 5.43. The monoisotopic (exact) mass is 385 g/mol. The van der Waals surface area contributed by atoms with E-state index in [-0.39, 0.29) is 5.41 Å². The van der Waals surface area contributed by atoms with Gasteiger partial charge in [-0.2, -0.15) is 0 Å². The highest BCUT2D eigenvalue weighted by molar-refractivity contribution is 9.10. The zero-order valence-corrected chi connectivity index (χ0v) is 15.2. The predicted octanol–water partition coefficient (Wildman–Crippen LogP) is 5.14. The molecule has 1 aliphatic carbocycles. The van der Waals surface area contributed by atoms with Crippen LogP contribution < -0.4 is 0 Å². The van der Waals surface area contributed by atoms with Crippen LogP contribution in [0.1, 0.15) is 35.5 Å². The summed E-state index contributed by atoms with van der Waals surface area (Å²) in [4.78, 5) is 4.36. The summed E-state index contributed by atoms with van der Waals surface area (Å²) < 4.78 is 1.11. The van der Waals surface area contributed by atoms with Gasteiger partial charge in [0.15, 0.2) is 0 Å². The number of halogens is 1. The zero-order valence-electron chi connectivity index (χ0n) is 12.8. The van der Waals surface area contributed by atoms with Crippen molar-refractivity contribution in [2.75, 3.05) is 0 Å². The molecule has 3 aromatic rings. The summed E-state index contributed by atoms with van der Waals surface area (Å²) in [6.45, 7) is 1.99. The number of nitrogens with zero attached hydrogens (tertiary/aromatic N) is 3. The maximum atomic E-state index is 4.54. The first-order valence-corrected chi connectivity index (χ1v) is 9.31. The number of hydrogen-bond acceptors (Lipinski definition) is 4. The van der Waals surface area contributed by atoms with E-state index in [1.807, 2.05) is 19.2 Å². The lowest BCUT2D eigenvalue weighted by molar-refractivity contribution is 0.299. The van der Waals surface area contributed by atoms with Gasteiger partial charge in [-0.15, -0.1) is 10.2 Å². The molecule has 0 amide bonds. The van der Waals surface area contributed by atoms with Gasteiger partial charge < -0.3 is 0 Å². The second-order valence-corrected chi connectivity index (χ2v) is 7.94. The predicted molar refractivity (Wildman–Crippen MR) is 96.7 cm³/mol. The second kappa shape index (κ2) is 5.80. The third-order valence-electron chi connectivity index (χ3n) is 4.60. The van der Waals surface area contributed by atoms with Crippen LogP contribution >= 0.6 is 27.3 Å². The topological polar surface area (TPSA) is 38.7 Å². The van der Waals surface area contributed by atoms with Gasteiger partial charge in [-0.1, -0.05) is 45.8 Å². The Labute approximate surface area is 147 Å². The Morgan fingerprint density at radius 1 is 1.04 bits per heavy atom. The van der Waals surface area contributed by atoms with Crippen molar-refractivity contribution in [3.63, 3.8) is 0 Å². The molecule has 0 spiro atoms. The van der Waals surface area contributed by atoms with Gasteiger partial charge in [-0.3, -0.25) is 4.98 Å². The third-order valence-corrected chi connectivity index (χ3v) is 6.30. The van der Waals surface area contributed by atoms with Crippen LogP contribution in [0, 0.1) is 6.92 Å². The summed E-state index contributed by atoms with van der Waals surface area (Å²) in [6, 6.07) is 12.7. The molecule has 2 aromatic heterocycles. The van der Waals surface area contributed by atoms with E-state index in [4.69, 9.17) is 0 Å². The lowest BCUT2D eigenvalue weighted by Crippen LogP contribution is -2.35. The third kappa shape index (κ3) is 2.62. The first kappa shape index (κ1) is 15.0. The zero-order chi connectivity index (χ0) is 15.9. The van der Waals surface area contributed by atoms with Crippen molar-refractivity contribution in [3.8, 4) is 10.6 Å². The minimum atomic E-state index is 0.0503. The van der Waals surface area contributed by atoms with Gasteiger partial charge in [0, 0.05) is 27.3 Å². The van der Waals surface area contributed by atoms with Crippen molar-refractivity contribution in [1.29, 1.82) is 0 Å². The van der Waals surface area contributed by atoms with Crippen LogP contribution in [0.2, 0.25) is 0 Å². The fraction of sp³-hybridized carbons (Fsp3) is 0.278. The van der Waals surface area contributed by atoms with Gasteiger partial charge in [0.25, 0.3) is 0 Å². The second-order valence-electron chi connectivity index (χ2n) is 6.04. The van der Waals surface area contributed by atoms with Crippen LogP contribution in [0.3, 0.4) is 0 Å². The van der Waals surface area contributed by atoms with E-state index in [1.165, 1.54) is 12.0 Å². The van der Waals surface area contributed by atoms with Gasteiger partial charge in [0.1, 0.15) is 10.0 Å². The number of hydrogen-bond donors (Lipinski definition) is 0. The average molecular weight is 386 g/mol. The number of aryl methyl sites for hydroxylation is 1. The highest BCUT2D eigenvalue weighted by atomic mass is 79.9. The smallest absolute Gasteiger partial charge is 0.149 e. The molecule has 0 saturated heterocycles. The number of aromatic nitrogens is 3.